The molecule has 39 heavy (non-hydrogen) atoms. The van der Waals surface area contributed by atoms with Gasteiger partial charge in [0.25, 0.3) is 5.91 Å². The Morgan fingerprint density at radius 1 is 0.923 bits per heavy atom. The van der Waals surface area contributed by atoms with E-state index in [4.69, 9.17) is 25.6 Å². The van der Waals surface area contributed by atoms with Gasteiger partial charge in [-0.3, -0.25) is 14.4 Å². The van der Waals surface area contributed by atoms with E-state index >= 15 is 0 Å². The van der Waals surface area contributed by atoms with E-state index in [0.717, 1.165) is 11.3 Å². The van der Waals surface area contributed by atoms with Crippen molar-refractivity contribution in [2.24, 2.45) is 0 Å². The molecule has 196 valence electrons. The lowest BCUT2D eigenvalue weighted by atomic mass is 9.84. The van der Waals surface area contributed by atoms with E-state index in [1.165, 1.54) is 24.3 Å². The number of nitrogens with zero attached hydrogens (tertiary/aromatic N) is 1. The van der Waals surface area contributed by atoms with Crippen LogP contribution < -0.4 is 10.1 Å². The molecule has 0 spiro atoms. The Morgan fingerprint density at radius 2 is 1.56 bits per heavy atom. The molecule has 1 amide bonds. The number of anilines is 1. The van der Waals surface area contributed by atoms with Crippen LogP contribution in [-0.4, -0.2) is 35.2 Å². The molecule has 5 rings (SSSR count). The van der Waals surface area contributed by atoms with Crippen LogP contribution in [0, 0.1) is 13.8 Å². The maximum atomic E-state index is 12.9. The fraction of sp³-hybridized carbons (Fsp3) is 0.138. The number of hydrogen-bond acceptors (Lipinski definition) is 8. The Morgan fingerprint density at radius 3 is 2.18 bits per heavy atom. The molecule has 0 unspecified atom stereocenters. The van der Waals surface area contributed by atoms with Crippen molar-refractivity contribution < 1.29 is 33.2 Å². The van der Waals surface area contributed by atoms with Crippen molar-refractivity contribution in [2.75, 3.05) is 11.9 Å². The van der Waals surface area contributed by atoms with Gasteiger partial charge in [0.2, 0.25) is 0 Å². The highest BCUT2D eigenvalue weighted by Crippen LogP contribution is 2.33. The number of aryl methyl sites for hydroxylation is 2. The van der Waals surface area contributed by atoms with Crippen LogP contribution in [0.25, 0.3) is 0 Å². The van der Waals surface area contributed by atoms with Crippen LogP contribution in [-0.2, 0) is 16.1 Å². The number of carbonyl (C=O) groups excluding carboxylic acids is 4. The number of nitrogens with one attached hydrogen (secondary N) is 1. The first-order chi connectivity index (χ1) is 18.7. The summed E-state index contributed by atoms with van der Waals surface area (Å²) in [6, 6.07) is 15.5. The predicted molar refractivity (Wildman–Crippen MR) is 140 cm³/mol. The number of aromatic nitrogens is 1. The molecule has 1 aliphatic carbocycles. The molecule has 0 saturated heterocycles. The van der Waals surface area contributed by atoms with E-state index in [1.807, 2.05) is 6.92 Å². The Balaban J connectivity index is 1.19. The molecule has 4 aromatic rings. The topological polar surface area (TPSA) is 125 Å². The van der Waals surface area contributed by atoms with Crippen LogP contribution in [0.15, 0.2) is 65.2 Å². The number of esters is 1. The molecule has 0 bridgehead atoms. The average molecular weight is 545 g/mol. The molecule has 10 heteroatoms. The second-order valence-corrected chi connectivity index (χ2v) is 9.23. The summed E-state index contributed by atoms with van der Waals surface area (Å²) in [5, 5.41) is 6.48. The summed E-state index contributed by atoms with van der Waals surface area (Å²) in [6.07, 6.45) is 0. The second kappa shape index (κ2) is 10.5. The summed E-state index contributed by atoms with van der Waals surface area (Å²) in [4.78, 5) is 50.7. The highest BCUT2D eigenvalue weighted by Gasteiger charge is 2.30. The van der Waals surface area contributed by atoms with Gasteiger partial charge in [0.15, 0.2) is 18.2 Å². The molecule has 1 aromatic heterocycles. The van der Waals surface area contributed by atoms with Gasteiger partial charge in [-0.15, -0.1) is 0 Å². The molecule has 1 heterocycles. The van der Waals surface area contributed by atoms with E-state index in [1.54, 1.807) is 43.3 Å². The van der Waals surface area contributed by atoms with Gasteiger partial charge in [0.1, 0.15) is 18.1 Å². The number of benzene rings is 3. The van der Waals surface area contributed by atoms with Crippen LogP contribution in [0.4, 0.5) is 5.69 Å². The number of fused-ring (bicyclic) bond motifs is 2. The Hall–Kier alpha value is -4.76. The van der Waals surface area contributed by atoms with Crippen LogP contribution in [0.5, 0.6) is 5.75 Å². The SMILES string of the molecule is Cc1noc(C)c1COc1ccc(C(=O)OCC(=O)Nc2cc3c(cc2Cl)C(=O)c2ccccc2C3=O)cc1. The number of ether oxygens (including phenoxy) is 2. The van der Waals surface area contributed by atoms with Crippen molar-refractivity contribution in [3.63, 3.8) is 0 Å². The molecular weight excluding hydrogens is 524 g/mol. The van der Waals surface area contributed by atoms with Crippen molar-refractivity contribution in [2.45, 2.75) is 20.5 Å². The van der Waals surface area contributed by atoms with Crippen molar-refractivity contribution in [1.82, 2.24) is 5.16 Å². The first kappa shape index (κ1) is 25.9. The van der Waals surface area contributed by atoms with E-state index in [-0.39, 0.29) is 51.1 Å². The van der Waals surface area contributed by atoms with Gasteiger partial charge < -0.3 is 19.3 Å². The maximum Gasteiger partial charge on any atom is 0.338 e. The third-order valence-electron chi connectivity index (χ3n) is 6.28. The zero-order valence-corrected chi connectivity index (χ0v) is 21.6. The fourth-order valence-electron chi connectivity index (χ4n) is 4.17. The smallest absolute Gasteiger partial charge is 0.338 e. The number of carbonyl (C=O) groups is 4. The van der Waals surface area contributed by atoms with Crippen LogP contribution in [0.1, 0.15) is 59.2 Å². The lowest BCUT2D eigenvalue weighted by molar-refractivity contribution is -0.119. The van der Waals surface area contributed by atoms with Gasteiger partial charge in [-0.2, -0.15) is 0 Å². The molecule has 0 radical (unpaired) electrons. The molecule has 1 aliphatic rings. The quantitative estimate of drug-likeness (QED) is 0.281. The molecule has 1 N–H and O–H groups in total. The second-order valence-electron chi connectivity index (χ2n) is 8.82. The van der Waals surface area contributed by atoms with Crippen molar-refractivity contribution >= 4 is 40.7 Å². The summed E-state index contributed by atoms with van der Waals surface area (Å²) < 4.78 is 15.9. The first-order valence-corrected chi connectivity index (χ1v) is 12.2. The molecule has 0 aliphatic heterocycles. The zero-order valence-electron chi connectivity index (χ0n) is 20.9. The Labute approximate surface area is 227 Å². The van der Waals surface area contributed by atoms with Gasteiger partial charge >= 0.3 is 5.97 Å². The predicted octanol–water partition coefficient (Wildman–Crippen LogP) is 5.09. The maximum absolute atomic E-state index is 12.9. The molecular formula is C29H21ClN2O7. The van der Waals surface area contributed by atoms with Gasteiger partial charge in [0, 0.05) is 22.3 Å². The lowest BCUT2D eigenvalue weighted by Crippen LogP contribution is -2.23. The summed E-state index contributed by atoms with van der Waals surface area (Å²) in [5.74, 6) is -0.849. The van der Waals surface area contributed by atoms with Gasteiger partial charge in [-0.05, 0) is 50.2 Å². The zero-order chi connectivity index (χ0) is 27.7. The minimum absolute atomic E-state index is 0.0705. The number of ketones is 2. The molecule has 0 atom stereocenters. The van der Waals surface area contributed by atoms with Crippen LogP contribution in [0.2, 0.25) is 5.02 Å². The summed E-state index contributed by atoms with van der Waals surface area (Å²) in [7, 11) is 0. The average Bonchev–Trinajstić information content (AvgIpc) is 3.26. The first-order valence-electron chi connectivity index (χ1n) is 11.9. The number of hydrogen-bond donors (Lipinski definition) is 1. The Bertz CT molecular complexity index is 1620. The number of rotatable bonds is 7. The minimum Gasteiger partial charge on any atom is -0.489 e. The van der Waals surface area contributed by atoms with Crippen molar-refractivity contribution in [3.05, 3.63) is 111 Å². The summed E-state index contributed by atoms with van der Waals surface area (Å²) in [6.45, 7) is 3.30. The number of halogens is 1. The lowest BCUT2D eigenvalue weighted by Gasteiger charge is -2.19. The Kier molecular flexibility index (Phi) is 7.00. The summed E-state index contributed by atoms with van der Waals surface area (Å²) >= 11 is 6.29. The molecule has 3 aromatic carbocycles. The summed E-state index contributed by atoms with van der Waals surface area (Å²) in [5.41, 5.74) is 2.81. The third-order valence-corrected chi connectivity index (χ3v) is 6.59. The van der Waals surface area contributed by atoms with Crippen LogP contribution >= 0.6 is 11.6 Å². The fourth-order valence-corrected chi connectivity index (χ4v) is 4.38. The van der Waals surface area contributed by atoms with Gasteiger partial charge in [-0.1, -0.05) is 41.0 Å². The van der Waals surface area contributed by atoms with E-state index < -0.39 is 18.5 Å². The largest absolute Gasteiger partial charge is 0.489 e. The highest BCUT2D eigenvalue weighted by molar-refractivity contribution is 6.36. The van der Waals surface area contributed by atoms with E-state index in [0.29, 0.717) is 17.1 Å². The molecule has 0 fully saturated rings. The molecule has 9 nitrogen and oxygen atoms in total. The molecule has 0 saturated carbocycles. The third kappa shape index (κ3) is 5.17. The number of amides is 1. The van der Waals surface area contributed by atoms with Gasteiger partial charge in [0.05, 0.1) is 27.5 Å². The van der Waals surface area contributed by atoms with Gasteiger partial charge in [-0.25, -0.2) is 4.79 Å². The highest BCUT2D eigenvalue weighted by atomic mass is 35.5. The van der Waals surface area contributed by atoms with Crippen LogP contribution in [0.3, 0.4) is 0 Å². The van der Waals surface area contributed by atoms with E-state index in [9.17, 15) is 19.2 Å². The van der Waals surface area contributed by atoms with E-state index in [2.05, 4.69) is 10.5 Å². The monoisotopic (exact) mass is 544 g/mol. The minimum atomic E-state index is -0.712. The van der Waals surface area contributed by atoms with Crippen molar-refractivity contribution in [3.8, 4) is 5.75 Å². The standard InChI is InChI=1S/C29H21ClN2O7/c1-15-23(16(2)39-32-15)13-37-18-9-7-17(8-10-18)29(36)38-14-26(33)31-25-12-22-21(11-24(25)30)27(34)19-5-3-4-6-20(19)28(22)35/h3-12H,13-14H2,1-2H3,(H,31,33). The normalized spacial score (nSPS) is 12.0. The van der Waals surface area contributed by atoms with Crippen molar-refractivity contribution in [1.29, 1.82) is 0 Å².